The van der Waals surface area contributed by atoms with E-state index >= 15 is 0 Å². The van der Waals surface area contributed by atoms with E-state index in [1.54, 1.807) is 11.3 Å². The third-order valence-electron chi connectivity index (χ3n) is 5.24. The number of hydrogen-bond acceptors (Lipinski definition) is 4. The Morgan fingerprint density at radius 3 is 2.65 bits per heavy atom. The Hall–Kier alpha value is -2.18. The molecule has 1 fully saturated rings. The summed E-state index contributed by atoms with van der Waals surface area (Å²) >= 11 is 1.61. The summed E-state index contributed by atoms with van der Waals surface area (Å²) in [5, 5.41) is 0. The van der Waals surface area contributed by atoms with Gasteiger partial charge in [0.15, 0.2) is 4.96 Å². The van der Waals surface area contributed by atoms with Gasteiger partial charge in [-0.15, -0.1) is 11.3 Å². The van der Waals surface area contributed by atoms with Crippen molar-refractivity contribution >= 4 is 22.2 Å². The number of imidazole rings is 1. The lowest BCUT2D eigenvalue weighted by Crippen LogP contribution is -2.39. The lowest BCUT2D eigenvalue weighted by atomic mass is 9.88. The number of aryl methyl sites for hydroxylation is 1. The predicted octanol–water partition coefficient (Wildman–Crippen LogP) is 3.26. The number of rotatable bonds is 4. The Bertz CT molecular complexity index is 889. The van der Waals surface area contributed by atoms with Crippen LogP contribution >= 0.6 is 11.3 Å². The normalized spacial score (nSPS) is 15.7. The SMILES string of the molecule is Cc1cn2cc(C(=O)N3CCC(Cc4ccccc4CN)CC3)nc2s1. The van der Waals surface area contributed by atoms with Crippen LogP contribution in [0.5, 0.6) is 0 Å². The van der Waals surface area contributed by atoms with Gasteiger partial charge >= 0.3 is 0 Å². The van der Waals surface area contributed by atoms with E-state index < -0.39 is 0 Å². The Labute approximate surface area is 157 Å². The van der Waals surface area contributed by atoms with Crippen molar-refractivity contribution in [3.8, 4) is 0 Å². The summed E-state index contributed by atoms with van der Waals surface area (Å²) < 4.78 is 1.95. The monoisotopic (exact) mass is 368 g/mol. The quantitative estimate of drug-likeness (QED) is 0.769. The fourth-order valence-corrected chi connectivity index (χ4v) is 4.59. The molecule has 1 saturated heterocycles. The van der Waals surface area contributed by atoms with Gasteiger partial charge in [-0.2, -0.15) is 0 Å². The molecule has 0 bridgehead atoms. The molecule has 0 atom stereocenters. The van der Waals surface area contributed by atoms with Crippen LogP contribution in [0.1, 0.15) is 39.3 Å². The molecule has 2 aromatic heterocycles. The maximum atomic E-state index is 12.8. The van der Waals surface area contributed by atoms with E-state index in [2.05, 4.69) is 30.1 Å². The Morgan fingerprint density at radius 1 is 1.23 bits per heavy atom. The molecule has 1 aliphatic rings. The number of amides is 1. The van der Waals surface area contributed by atoms with Crippen LogP contribution in [-0.4, -0.2) is 33.3 Å². The number of nitrogens with two attached hydrogens (primary N) is 1. The number of hydrogen-bond donors (Lipinski definition) is 1. The summed E-state index contributed by atoms with van der Waals surface area (Å²) in [5.41, 5.74) is 9.00. The number of likely N-dealkylation sites (tertiary alicyclic amines) is 1. The summed E-state index contributed by atoms with van der Waals surface area (Å²) in [6, 6.07) is 8.42. The molecule has 2 N–H and O–H groups in total. The van der Waals surface area contributed by atoms with Gasteiger partial charge in [-0.3, -0.25) is 9.20 Å². The summed E-state index contributed by atoms with van der Waals surface area (Å²) in [6.45, 7) is 4.25. The molecule has 0 radical (unpaired) electrons. The summed E-state index contributed by atoms with van der Waals surface area (Å²) in [6.07, 6.45) is 6.99. The van der Waals surface area contributed by atoms with Crippen LogP contribution in [0.3, 0.4) is 0 Å². The number of carbonyl (C=O) groups excluding carboxylic acids is 1. The fraction of sp³-hybridized carbons (Fsp3) is 0.400. The van der Waals surface area contributed by atoms with Crippen LogP contribution in [-0.2, 0) is 13.0 Å². The molecule has 26 heavy (non-hydrogen) atoms. The van der Waals surface area contributed by atoms with E-state index in [4.69, 9.17) is 5.73 Å². The molecule has 3 aromatic rings. The van der Waals surface area contributed by atoms with Crippen LogP contribution in [0.4, 0.5) is 0 Å². The first-order valence-corrected chi connectivity index (χ1v) is 9.97. The zero-order valence-electron chi connectivity index (χ0n) is 15.0. The summed E-state index contributed by atoms with van der Waals surface area (Å²) in [5.74, 6) is 0.666. The van der Waals surface area contributed by atoms with E-state index in [1.165, 1.54) is 16.0 Å². The Balaban J connectivity index is 1.38. The smallest absolute Gasteiger partial charge is 0.274 e. The highest BCUT2D eigenvalue weighted by molar-refractivity contribution is 7.17. The lowest BCUT2D eigenvalue weighted by Gasteiger charge is -2.32. The number of carbonyl (C=O) groups is 1. The molecular weight excluding hydrogens is 344 g/mol. The molecular formula is C20H24N4OS. The number of aromatic nitrogens is 2. The van der Waals surface area contributed by atoms with Crippen LogP contribution in [0.2, 0.25) is 0 Å². The molecule has 0 aliphatic carbocycles. The first kappa shape index (κ1) is 17.2. The highest BCUT2D eigenvalue weighted by Gasteiger charge is 2.25. The standard InChI is InChI=1S/C20H24N4OS/c1-14-12-24-13-18(22-20(24)26-14)19(25)23-8-6-15(7-9-23)10-16-4-2-3-5-17(16)11-21/h2-5,12-13,15H,6-11,21H2,1H3. The summed E-state index contributed by atoms with van der Waals surface area (Å²) in [4.78, 5) is 21.3. The van der Waals surface area contributed by atoms with Gasteiger partial charge in [-0.05, 0) is 43.2 Å². The first-order valence-electron chi connectivity index (χ1n) is 9.15. The zero-order chi connectivity index (χ0) is 18.1. The molecule has 1 amide bonds. The second-order valence-electron chi connectivity index (χ2n) is 7.07. The zero-order valence-corrected chi connectivity index (χ0v) is 15.8. The van der Waals surface area contributed by atoms with E-state index in [9.17, 15) is 4.79 Å². The van der Waals surface area contributed by atoms with Gasteiger partial charge in [0.2, 0.25) is 0 Å². The van der Waals surface area contributed by atoms with Gasteiger partial charge in [-0.1, -0.05) is 24.3 Å². The molecule has 1 aromatic carbocycles. The predicted molar refractivity (Wildman–Crippen MR) is 104 cm³/mol. The van der Waals surface area contributed by atoms with Crippen molar-refractivity contribution in [2.45, 2.75) is 32.7 Å². The average molecular weight is 369 g/mol. The Morgan fingerprint density at radius 2 is 1.96 bits per heavy atom. The van der Waals surface area contributed by atoms with E-state index in [1.807, 2.05) is 27.8 Å². The van der Waals surface area contributed by atoms with E-state index in [-0.39, 0.29) is 5.91 Å². The molecule has 3 heterocycles. The minimum atomic E-state index is 0.0550. The minimum Gasteiger partial charge on any atom is -0.337 e. The maximum absolute atomic E-state index is 12.8. The second-order valence-corrected chi connectivity index (χ2v) is 8.28. The number of benzene rings is 1. The van der Waals surface area contributed by atoms with Crippen molar-refractivity contribution in [2.75, 3.05) is 13.1 Å². The van der Waals surface area contributed by atoms with Gasteiger partial charge in [0.1, 0.15) is 5.69 Å². The van der Waals surface area contributed by atoms with Crippen molar-refractivity contribution in [1.29, 1.82) is 0 Å². The molecule has 4 rings (SSSR count). The van der Waals surface area contributed by atoms with Gasteiger partial charge in [0.25, 0.3) is 5.91 Å². The minimum absolute atomic E-state index is 0.0550. The number of nitrogens with zero attached hydrogens (tertiary/aromatic N) is 3. The largest absolute Gasteiger partial charge is 0.337 e. The highest BCUT2D eigenvalue weighted by Crippen LogP contribution is 2.25. The van der Waals surface area contributed by atoms with Crippen molar-refractivity contribution in [2.24, 2.45) is 11.7 Å². The number of thiazole rings is 1. The second kappa shape index (κ2) is 7.21. The van der Waals surface area contributed by atoms with Crippen molar-refractivity contribution < 1.29 is 4.79 Å². The Kier molecular flexibility index (Phi) is 4.78. The topological polar surface area (TPSA) is 63.6 Å². The van der Waals surface area contributed by atoms with Crippen molar-refractivity contribution in [3.05, 3.63) is 58.4 Å². The van der Waals surface area contributed by atoms with E-state index in [0.717, 1.165) is 37.3 Å². The van der Waals surface area contributed by atoms with Crippen LogP contribution in [0.15, 0.2) is 36.7 Å². The van der Waals surface area contributed by atoms with Gasteiger partial charge in [0.05, 0.1) is 0 Å². The molecule has 136 valence electrons. The van der Waals surface area contributed by atoms with E-state index in [0.29, 0.717) is 18.2 Å². The third-order valence-corrected chi connectivity index (χ3v) is 6.15. The maximum Gasteiger partial charge on any atom is 0.274 e. The molecule has 0 spiro atoms. The van der Waals surface area contributed by atoms with Gasteiger partial charge < -0.3 is 10.6 Å². The third kappa shape index (κ3) is 3.39. The fourth-order valence-electron chi connectivity index (χ4n) is 3.78. The number of piperidine rings is 1. The van der Waals surface area contributed by atoms with Crippen LogP contribution in [0.25, 0.3) is 4.96 Å². The lowest BCUT2D eigenvalue weighted by molar-refractivity contribution is 0.0685. The van der Waals surface area contributed by atoms with Gasteiger partial charge in [-0.25, -0.2) is 4.98 Å². The molecule has 1 aliphatic heterocycles. The van der Waals surface area contributed by atoms with Crippen molar-refractivity contribution in [3.63, 3.8) is 0 Å². The molecule has 6 heteroatoms. The van der Waals surface area contributed by atoms with Gasteiger partial charge in [0, 0.05) is 36.9 Å². The molecule has 0 unspecified atom stereocenters. The van der Waals surface area contributed by atoms with Crippen molar-refractivity contribution in [1.82, 2.24) is 14.3 Å². The average Bonchev–Trinajstić information content (AvgIpc) is 3.19. The number of fused-ring (bicyclic) bond motifs is 1. The van der Waals surface area contributed by atoms with Crippen LogP contribution < -0.4 is 5.73 Å². The molecule has 0 saturated carbocycles. The summed E-state index contributed by atoms with van der Waals surface area (Å²) in [7, 11) is 0. The first-order chi connectivity index (χ1) is 12.6. The highest BCUT2D eigenvalue weighted by atomic mass is 32.1. The van der Waals surface area contributed by atoms with Crippen LogP contribution in [0, 0.1) is 12.8 Å². The molecule has 5 nitrogen and oxygen atoms in total.